The summed E-state index contributed by atoms with van der Waals surface area (Å²) in [6.07, 6.45) is 6.27. The molecule has 3 aliphatic rings. The number of hydrogen-bond donors (Lipinski definition) is 1. The minimum atomic E-state index is 0.435. The summed E-state index contributed by atoms with van der Waals surface area (Å²) in [7, 11) is 3.27. The lowest BCUT2D eigenvalue weighted by molar-refractivity contribution is 0.0455. The first-order chi connectivity index (χ1) is 12.7. The molecule has 3 aliphatic heterocycles. The van der Waals surface area contributed by atoms with Gasteiger partial charge < -0.3 is 14.8 Å². The van der Waals surface area contributed by atoms with Crippen LogP contribution >= 0.6 is 0 Å². The van der Waals surface area contributed by atoms with Gasteiger partial charge in [-0.05, 0) is 56.5 Å². The topological polar surface area (TPSA) is 59.5 Å². The van der Waals surface area contributed by atoms with Gasteiger partial charge in [-0.2, -0.15) is 0 Å². The van der Waals surface area contributed by atoms with E-state index in [9.17, 15) is 0 Å². The van der Waals surface area contributed by atoms with E-state index in [4.69, 9.17) is 9.47 Å². The van der Waals surface area contributed by atoms with Crippen LogP contribution in [0.2, 0.25) is 0 Å². The summed E-state index contributed by atoms with van der Waals surface area (Å²) in [4.78, 5) is 11.7. The van der Waals surface area contributed by atoms with Gasteiger partial charge in [-0.1, -0.05) is 6.07 Å². The molecule has 1 aromatic carbocycles. The minimum absolute atomic E-state index is 0.435. The maximum Gasteiger partial charge on any atom is 0.222 e. The van der Waals surface area contributed by atoms with Gasteiger partial charge in [0.25, 0.3) is 0 Å². The molecule has 0 aliphatic carbocycles. The molecular formula is C20H26N4O2. The number of fused-ring (bicyclic) bond motifs is 3. The lowest BCUT2D eigenvalue weighted by Gasteiger charge is -2.49. The second-order valence-corrected chi connectivity index (χ2v) is 7.15. The Morgan fingerprint density at radius 1 is 1.00 bits per heavy atom. The van der Waals surface area contributed by atoms with Crippen LogP contribution in [0, 0.1) is 5.92 Å². The Bertz CT molecular complexity index is 755. The Hall–Kier alpha value is -2.34. The van der Waals surface area contributed by atoms with E-state index in [0.29, 0.717) is 29.5 Å². The Balaban J connectivity index is 1.50. The maximum absolute atomic E-state index is 5.38. The van der Waals surface area contributed by atoms with Crippen molar-refractivity contribution < 1.29 is 9.47 Å². The van der Waals surface area contributed by atoms with Gasteiger partial charge in [0.2, 0.25) is 5.95 Å². The predicted octanol–water partition coefficient (Wildman–Crippen LogP) is 3.06. The number of anilines is 1. The molecule has 3 saturated heterocycles. The first kappa shape index (κ1) is 17.1. The third-order valence-corrected chi connectivity index (χ3v) is 5.84. The molecule has 6 nitrogen and oxygen atoms in total. The molecular weight excluding hydrogens is 328 g/mol. The van der Waals surface area contributed by atoms with Crippen LogP contribution in [0.25, 0.3) is 11.1 Å². The highest BCUT2D eigenvalue weighted by atomic mass is 16.5. The van der Waals surface area contributed by atoms with Crippen molar-refractivity contribution in [3.63, 3.8) is 0 Å². The third kappa shape index (κ3) is 3.09. The number of ether oxygens (including phenoxy) is 2. The van der Waals surface area contributed by atoms with Crippen LogP contribution in [0.3, 0.4) is 0 Å². The molecule has 1 aromatic heterocycles. The summed E-state index contributed by atoms with van der Waals surface area (Å²) in [6.45, 7) is 4.76. The molecule has 0 radical (unpaired) electrons. The van der Waals surface area contributed by atoms with E-state index >= 15 is 0 Å². The standard InChI is InChI=1S/C20H26N4O2/c1-13-19(14-6-8-24(13)9-7-14)23-20-21-11-16(12-22-20)15-4-5-17(25-2)18(10-15)26-3/h4-5,10-14,19H,6-9H2,1-3H3,(H,21,22,23)/t13-,19-/m1/s1. The van der Waals surface area contributed by atoms with E-state index in [1.54, 1.807) is 14.2 Å². The molecule has 0 unspecified atom stereocenters. The predicted molar refractivity (Wildman–Crippen MR) is 102 cm³/mol. The van der Waals surface area contributed by atoms with Crippen molar-refractivity contribution in [2.24, 2.45) is 5.92 Å². The number of hydrogen-bond acceptors (Lipinski definition) is 6. The van der Waals surface area contributed by atoms with Gasteiger partial charge in [0.1, 0.15) is 0 Å². The van der Waals surface area contributed by atoms with E-state index < -0.39 is 0 Å². The van der Waals surface area contributed by atoms with Crippen LogP contribution in [-0.4, -0.2) is 54.3 Å². The highest BCUT2D eigenvalue weighted by Crippen LogP contribution is 2.34. The number of piperidine rings is 3. The molecule has 138 valence electrons. The number of nitrogens with one attached hydrogen (secondary N) is 1. The van der Waals surface area contributed by atoms with Crippen LogP contribution in [0.4, 0.5) is 5.95 Å². The summed E-state index contributed by atoms with van der Waals surface area (Å²) < 4.78 is 10.7. The summed E-state index contributed by atoms with van der Waals surface area (Å²) in [5.74, 6) is 2.85. The maximum atomic E-state index is 5.38. The molecule has 4 heterocycles. The Labute approximate surface area is 154 Å². The Morgan fingerprint density at radius 2 is 1.69 bits per heavy atom. The average Bonchev–Trinajstić information content (AvgIpc) is 2.71. The van der Waals surface area contributed by atoms with Crippen LogP contribution in [0.5, 0.6) is 11.5 Å². The molecule has 6 heteroatoms. The molecule has 0 spiro atoms. The molecule has 26 heavy (non-hydrogen) atoms. The zero-order chi connectivity index (χ0) is 18.1. The summed E-state index contributed by atoms with van der Waals surface area (Å²) in [6, 6.07) is 6.80. The van der Waals surface area contributed by atoms with Crippen molar-refractivity contribution in [3.8, 4) is 22.6 Å². The zero-order valence-corrected chi connectivity index (χ0v) is 15.6. The van der Waals surface area contributed by atoms with Crippen molar-refractivity contribution >= 4 is 5.95 Å². The molecule has 1 N–H and O–H groups in total. The van der Waals surface area contributed by atoms with Crippen molar-refractivity contribution in [2.75, 3.05) is 32.6 Å². The van der Waals surface area contributed by atoms with Gasteiger partial charge in [-0.15, -0.1) is 0 Å². The smallest absolute Gasteiger partial charge is 0.222 e. The van der Waals surface area contributed by atoms with E-state index in [1.807, 2.05) is 30.6 Å². The number of nitrogens with zero attached hydrogens (tertiary/aromatic N) is 3. The van der Waals surface area contributed by atoms with Gasteiger partial charge in [-0.3, -0.25) is 4.90 Å². The zero-order valence-electron chi connectivity index (χ0n) is 15.6. The van der Waals surface area contributed by atoms with Gasteiger partial charge >= 0.3 is 0 Å². The second-order valence-electron chi connectivity index (χ2n) is 7.15. The van der Waals surface area contributed by atoms with Crippen LogP contribution in [0.15, 0.2) is 30.6 Å². The monoisotopic (exact) mass is 354 g/mol. The molecule has 0 amide bonds. The SMILES string of the molecule is COc1ccc(-c2cnc(N[C@H]3C4CCN(CC4)[C@@H]3C)nc2)cc1OC. The number of benzene rings is 1. The van der Waals surface area contributed by atoms with E-state index in [0.717, 1.165) is 17.0 Å². The molecule has 0 saturated carbocycles. The Kier molecular flexibility index (Phi) is 4.68. The summed E-state index contributed by atoms with van der Waals surface area (Å²) in [5.41, 5.74) is 1.96. The molecule has 2 bridgehead atoms. The van der Waals surface area contributed by atoms with Gasteiger partial charge in [-0.25, -0.2) is 9.97 Å². The first-order valence-electron chi connectivity index (χ1n) is 9.24. The first-order valence-corrected chi connectivity index (χ1v) is 9.24. The fourth-order valence-corrected chi connectivity index (χ4v) is 4.26. The van der Waals surface area contributed by atoms with Crippen LogP contribution < -0.4 is 14.8 Å². The number of aromatic nitrogens is 2. The fourth-order valence-electron chi connectivity index (χ4n) is 4.26. The average molecular weight is 354 g/mol. The number of methoxy groups -OCH3 is 2. The molecule has 2 atom stereocenters. The van der Waals surface area contributed by atoms with Crippen molar-refractivity contribution in [1.29, 1.82) is 0 Å². The normalized spacial score (nSPS) is 27.2. The largest absolute Gasteiger partial charge is 0.493 e. The molecule has 5 rings (SSSR count). The third-order valence-electron chi connectivity index (χ3n) is 5.84. The van der Waals surface area contributed by atoms with Crippen molar-refractivity contribution in [2.45, 2.75) is 31.8 Å². The fraction of sp³-hybridized carbons (Fsp3) is 0.500. The molecule has 2 aromatic rings. The quantitative estimate of drug-likeness (QED) is 0.891. The highest BCUT2D eigenvalue weighted by Gasteiger charge is 2.39. The van der Waals surface area contributed by atoms with Crippen molar-refractivity contribution in [3.05, 3.63) is 30.6 Å². The lowest BCUT2D eigenvalue weighted by atomic mass is 9.79. The Morgan fingerprint density at radius 3 is 2.31 bits per heavy atom. The van der Waals surface area contributed by atoms with Gasteiger partial charge in [0, 0.05) is 30.0 Å². The van der Waals surface area contributed by atoms with Gasteiger partial charge in [0.15, 0.2) is 11.5 Å². The second kappa shape index (κ2) is 7.11. The minimum Gasteiger partial charge on any atom is -0.493 e. The van der Waals surface area contributed by atoms with Crippen molar-refractivity contribution in [1.82, 2.24) is 14.9 Å². The highest BCUT2D eigenvalue weighted by molar-refractivity contribution is 5.66. The van der Waals surface area contributed by atoms with E-state index in [2.05, 4.69) is 27.1 Å². The van der Waals surface area contributed by atoms with Crippen LogP contribution in [0.1, 0.15) is 19.8 Å². The van der Waals surface area contributed by atoms with Crippen LogP contribution in [-0.2, 0) is 0 Å². The van der Waals surface area contributed by atoms with E-state index in [1.165, 1.54) is 25.9 Å². The lowest BCUT2D eigenvalue weighted by Crippen LogP contribution is -2.59. The van der Waals surface area contributed by atoms with E-state index in [-0.39, 0.29) is 0 Å². The molecule has 3 fully saturated rings. The number of rotatable bonds is 5. The van der Waals surface area contributed by atoms with Gasteiger partial charge in [0.05, 0.1) is 14.2 Å². The summed E-state index contributed by atoms with van der Waals surface area (Å²) >= 11 is 0. The summed E-state index contributed by atoms with van der Waals surface area (Å²) in [5, 5.41) is 3.57.